The van der Waals surface area contributed by atoms with Gasteiger partial charge in [0.15, 0.2) is 21.1 Å². The van der Waals surface area contributed by atoms with Gasteiger partial charge in [0.25, 0.3) is 5.91 Å². The second-order valence-electron chi connectivity index (χ2n) is 6.54. The van der Waals surface area contributed by atoms with Gasteiger partial charge in [0, 0.05) is 11.3 Å². The summed E-state index contributed by atoms with van der Waals surface area (Å²) in [7, 11) is -3.30. The molecule has 6 nitrogen and oxygen atoms in total. The number of hydrogen-bond acceptors (Lipinski definition) is 6. The first-order chi connectivity index (χ1) is 13.0. The van der Waals surface area contributed by atoms with Crippen molar-refractivity contribution < 1.29 is 17.9 Å². The monoisotopic (exact) mass is 438 g/mol. The maximum Gasteiger partial charge on any atom is 0.266 e. The van der Waals surface area contributed by atoms with Crippen molar-refractivity contribution in [2.75, 3.05) is 11.6 Å². The highest BCUT2D eigenvalue weighted by Crippen LogP contribution is 2.29. The van der Waals surface area contributed by atoms with Gasteiger partial charge in [-0.3, -0.25) is 10.1 Å². The molecule has 3 aromatic rings. The highest BCUT2D eigenvalue weighted by Gasteiger charge is 2.18. The van der Waals surface area contributed by atoms with Crippen molar-refractivity contribution >= 4 is 54.0 Å². The van der Waals surface area contributed by atoms with Crippen molar-refractivity contribution in [2.45, 2.75) is 31.8 Å². The molecule has 3 rings (SSSR count). The van der Waals surface area contributed by atoms with Crippen LogP contribution >= 0.6 is 22.9 Å². The van der Waals surface area contributed by atoms with E-state index in [0.29, 0.717) is 26.1 Å². The molecule has 0 saturated carbocycles. The van der Waals surface area contributed by atoms with Crippen molar-refractivity contribution in [3.05, 3.63) is 46.5 Å². The summed E-state index contributed by atoms with van der Waals surface area (Å²) in [5.41, 5.74) is 2.36. The first kappa shape index (κ1) is 20.6. The smallest absolute Gasteiger partial charge is 0.266 e. The molecule has 28 heavy (non-hydrogen) atoms. The lowest BCUT2D eigenvalue weighted by Crippen LogP contribution is -2.30. The van der Waals surface area contributed by atoms with Crippen LogP contribution in [0.5, 0.6) is 5.75 Å². The number of hydrogen-bond donors (Lipinski definition) is 1. The fraction of sp³-hybridized carbons (Fsp3) is 0.263. The molecule has 0 fully saturated rings. The summed E-state index contributed by atoms with van der Waals surface area (Å²) in [6.45, 7) is 5.39. The summed E-state index contributed by atoms with van der Waals surface area (Å²) in [6, 6.07) is 8.24. The van der Waals surface area contributed by atoms with Gasteiger partial charge in [-0.2, -0.15) is 0 Å². The molecule has 0 aliphatic heterocycles. The molecule has 148 valence electrons. The molecule has 1 amide bonds. The average molecular weight is 439 g/mol. The van der Waals surface area contributed by atoms with Crippen LogP contribution in [0.1, 0.15) is 18.1 Å². The fourth-order valence-corrected chi connectivity index (χ4v) is 4.37. The van der Waals surface area contributed by atoms with E-state index in [1.165, 1.54) is 17.4 Å². The Bertz CT molecular complexity index is 1150. The number of ether oxygens (including phenoxy) is 1. The number of thiazole rings is 1. The van der Waals surface area contributed by atoms with Gasteiger partial charge in [0.2, 0.25) is 0 Å². The molecular weight excluding hydrogens is 420 g/mol. The zero-order valence-electron chi connectivity index (χ0n) is 15.7. The van der Waals surface area contributed by atoms with Gasteiger partial charge in [-0.15, -0.1) is 0 Å². The Morgan fingerprint density at radius 1 is 1.21 bits per heavy atom. The predicted molar refractivity (Wildman–Crippen MR) is 112 cm³/mol. The van der Waals surface area contributed by atoms with E-state index in [9.17, 15) is 13.2 Å². The minimum atomic E-state index is -3.30. The SMILES string of the molecule is Cc1cc(O[C@H](C)C(=O)Nc2nc3ccc(S(C)(=O)=O)cc3s2)cc(C)c1Cl. The Morgan fingerprint density at radius 2 is 1.86 bits per heavy atom. The van der Waals surface area contributed by atoms with Crippen LogP contribution in [-0.4, -0.2) is 31.7 Å². The highest BCUT2D eigenvalue weighted by atomic mass is 35.5. The van der Waals surface area contributed by atoms with Crippen molar-refractivity contribution in [2.24, 2.45) is 0 Å². The van der Waals surface area contributed by atoms with Crippen LogP contribution in [0.25, 0.3) is 10.2 Å². The maximum atomic E-state index is 12.5. The van der Waals surface area contributed by atoms with Crippen molar-refractivity contribution in [3.8, 4) is 5.75 Å². The number of halogens is 1. The number of benzene rings is 2. The van der Waals surface area contributed by atoms with E-state index in [0.717, 1.165) is 17.4 Å². The molecule has 0 aliphatic rings. The third kappa shape index (κ3) is 4.45. The van der Waals surface area contributed by atoms with Gasteiger partial charge in [0.05, 0.1) is 15.1 Å². The largest absolute Gasteiger partial charge is 0.481 e. The van der Waals surface area contributed by atoms with Crippen LogP contribution < -0.4 is 10.1 Å². The van der Waals surface area contributed by atoms with Crippen LogP contribution in [0.4, 0.5) is 5.13 Å². The van der Waals surface area contributed by atoms with Crippen LogP contribution in [0.15, 0.2) is 35.2 Å². The summed E-state index contributed by atoms with van der Waals surface area (Å²) in [5.74, 6) is 0.205. The van der Waals surface area contributed by atoms with E-state index in [-0.39, 0.29) is 10.8 Å². The molecule has 0 unspecified atom stereocenters. The Hall–Kier alpha value is -2.16. The average Bonchev–Trinajstić information content (AvgIpc) is 3.00. The number of carbonyl (C=O) groups is 1. The van der Waals surface area contributed by atoms with E-state index in [1.54, 1.807) is 31.2 Å². The molecule has 0 radical (unpaired) electrons. The Balaban J connectivity index is 1.75. The topological polar surface area (TPSA) is 85.4 Å². The van der Waals surface area contributed by atoms with E-state index in [4.69, 9.17) is 16.3 Å². The normalized spacial score (nSPS) is 12.8. The Morgan fingerprint density at radius 3 is 2.46 bits per heavy atom. The second kappa shape index (κ2) is 7.69. The number of nitrogens with zero attached hydrogens (tertiary/aromatic N) is 1. The number of nitrogens with one attached hydrogen (secondary N) is 1. The molecule has 1 aromatic heterocycles. The number of sulfone groups is 1. The van der Waals surface area contributed by atoms with E-state index >= 15 is 0 Å². The van der Waals surface area contributed by atoms with Crippen molar-refractivity contribution in [1.82, 2.24) is 4.98 Å². The van der Waals surface area contributed by atoms with Gasteiger partial charge in [-0.25, -0.2) is 13.4 Å². The minimum absolute atomic E-state index is 0.215. The molecule has 0 bridgehead atoms. The third-order valence-corrected chi connectivity index (χ3v) is 6.75. The molecule has 0 aliphatic carbocycles. The molecule has 0 spiro atoms. The highest BCUT2D eigenvalue weighted by molar-refractivity contribution is 7.90. The quantitative estimate of drug-likeness (QED) is 0.639. The Kier molecular flexibility index (Phi) is 5.65. The number of fused-ring (bicyclic) bond motifs is 1. The summed E-state index contributed by atoms with van der Waals surface area (Å²) >= 11 is 7.36. The van der Waals surface area contributed by atoms with E-state index in [2.05, 4.69) is 10.3 Å². The molecular formula is C19H19ClN2O4S2. The van der Waals surface area contributed by atoms with E-state index in [1.807, 2.05) is 13.8 Å². The summed E-state index contributed by atoms with van der Waals surface area (Å²) < 4.78 is 29.8. The lowest BCUT2D eigenvalue weighted by molar-refractivity contribution is -0.122. The Labute approximate surface area is 172 Å². The second-order valence-corrected chi connectivity index (χ2v) is 9.97. The summed E-state index contributed by atoms with van der Waals surface area (Å²) in [6.07, 6.45) is 0.399. The van der Waals surface area contributed by atoms with Gasteiger partial charge < -0.3 is 4.74 Å². The maximum absolute atomic E-state index is 12.5. The van der Waals surface area contributed by atoms with Crippen LogP contribution in [0.3, 0.4) is 0 Å². The number of carbonyl (C=O) groups excluding carboxylic acids is 1. The molecule has 0 saturated heterocycles. The number of rotatable bonds is 5. The first-order valence-corrected chi connectivity index (χ1v) is 11.5. The van der Waals surface area contributed by atoms with Crippen LogP contribution in [-0.2, 0) is 14.6 Å². The minimum Gasteiger partial charge on any atom is -0.481 e. The summed E-state index contributed by atoms with van der Waals surface area (Å²) in [4.78, 5) is 17.0. The molecule has 2 aromatic carbocycles. The molecule has 1 atom stereocenters. The lowest BCUT2D eigenvalue weighted by Gasteiger charge is -2.15. The molecule has 1 N–H and O–H groups in total. The molecule has 1 heterocycles. The standard InChI is InChI=1S/C19H19ClN2O4S2/c1-10-7-13(8-11(2)17(10)20)26-12(3)18(23)22-19-21-15-6-5-14(28(4,24)25)9-16(15)27-19/h5-9,12H,1-4H3,(H,21,22,23)/t12-/m1/s1. The zero-order chi connectivity index (χ0) is 20.6. The molecule has 9 heteroatoms. The number of aryl methyl sites for hydroxylation is 2. The predicted octanol–water partition coefficient (Wildman–Crippen LogP) is 4.38. The third-order valence-electron chi connectivity index (χ3n) is 4.11. The summed E-state index contributed by atoms with van der Waals surface area (Å²) in [5, 5.41) is 3.77. The number of amides is 1. The van der Waals surface area contributed by atoms with Crippen LogP contribution in [0, 0.1) is 13.8 Å². The van der Waals surface area contributed by atoms with Crippen LogP contribution in [0.2, 0.25) is 5.02 Å². The number of aromatic nitrogens is 1. The zero-order valence-corrected chi connectivity index (χ0v) is 18.1. The van der Waals surface area contributed by atoms with Gasteiger partial charge in [0.1, 0.15) is 5.75 Å². The van der Waals surface area contributed by atoms with Gasteiger partial charge >= 0.3 is 0 Å². The van der Waals surface area contributed by atoms with E-state index < -0.39 is 15.9 Å². The number of anilines is 1. The lowest BCUT2D eigenvalue weighted by atomic mass is 10.1. The fourth-order valence-electron chi connectivity index (χ4n) is 2.63. The van der Waals surface area contributed by atoms with Gasteiger partial charge in [-0.05, 0) is 62.2 Å². The first-order valence-electron chi connectivity index (χ1n) is 8.39. The van der Waals surface area contributed by atoms with Crippen molar-refractivity contribution in [3.63, 3.8) is 0 Å². The van der Waals surface area contributed by atoms with Crippen molar-refractivity contribution in [1.29, 1.82) is 0 Å². The van der Waals surface area contributed by atoms with Gasteiger partial charge in [-0.1, -0.05) is 22.9 Å².